The molecule has 22 heavy (non-hydrogen) atoms. The summed E-state index contributed by atoms with van der Waals surface area (Å²) in [5, 5.41) is 6.74. The Bertz CT molecular complexity index is 533. The predicted octanol–water partition coefficient (Wildman–Crippen LogP) is 3.21. The zero-order valence-corrected chi connectivity index (χ0v) is 13.4. The van der Waals surface area contributed by atoms with Crippen molar-refractivity contribution >= 4 is 5.96 Å². The van der Waals surface area contributed by atoms with Crippen molar-refractivity contribution in [1.29, 1.82) is 0 Å². The minimum Gasteiger partial charge on any atom is -0.356 e. The lowest BCUT2D eigenvalue weighted by molar-refractivity contribution is 0.558. The number of nitrogens with zero attached hydrogens (tertiary/aromatic N) is 1. The fourth-order valence-corrected chi connectivity index (χ4v) is 3.06. The molecular formula is C18H26FN3. The number of aliphatic imine (C=N–C) groups is 1. The fraction of sp³-hybridized carbons (Fsp3) is 0.611. The Labute approximate surface area is 132 Å². The summed E-state index contributed by atoms with van der Waals surface area (Å²) in [6.45, 7) is 1.71. The van der Waals surface area contributed by atoms with Gasteiger partial charge in [0, 0.05) is 25.6 Å². The molecule has 4 heteroatoms. The predicted molar refractivity (Wildman–Crippen MR) is 88.6 cm³/mol. The SMILES string of the molecule is CN=C(NCCCC1CC1)NCC1(c2ccccc2F)CC1. The lowest BCUT2D eigenvalue weighted by atomic mass is 9.95. The van der Waals surface area contributed by atoms with Gasteiger partial charge in [-0.3, -0.25) is 4.99 Å². The van der Waals surface area contributed by atoms with E-state index in [1.165, 1.54) is 25.7 Å². The third kappa shape index (κ3) is 3.79. The van der Waals surface area contributed by atoms with Crippen LogP contribution in [0, 0.1) is 11.7 Å². The maximum Gasteiger partial charge on any atom is 0.191 e. The third-order valence-electron chi connectivity index (χ3n) is 4.90. The van der Waals surface area contributed by atoms with Gasteiger partial charge in [0.2, 0.25) is 0 Å². The van der Waals surface area contributed by atoms with E-state index in [9.17, 15) is 4.39 Å². The van der Waals surface area contributed by atoms with Crippen LogP contribution in [0.25, 0.3) is 0 Å². The van der Waals surface area contributed by atoms with Crippen LogP contribution < -0.4 is 10.6 Å². The van der Waals surface area contributed by atoms with E-state index in [0.717, 1.165) is 43.4 Å². The van der Waals surface area contributed by atoms with Gasteiger partial charge in [0.25, 0.3) is 0 Å². The molecule has 0 spiro atoms. The van der Waals surface area contributed by atoms with E-state index in [1.807, 2.05) is 12.1 Å². The Kier molecular flexibility index (Phi) is 4.65. The molecule has 0 unspecified atom stereocenters. The number of nitrogens with one attached hydrogen (secondary N) is 2. The Morgan fingerprint density at radius 3 is 2.68 bits per heavy atom. The van der Waals surface area contributed by atoms with Crippen LogP contribution in [-0.4, -0.2) is 26.1 Å². The first-order valence-corrected chi connectivity index (χ1v) is 8.43. The molecule has 0 aliphatic heterocycles. The number of rotatable bonds is 7. The summed E-state index contributed by atoms with van der Waals surface area (Å²) < 4.78 is 14.0. The van der Waals surface area contributed by atoms with Crippen molar-refractivity contribution in [3.05, 3.63) is 35.6 Å². The van der Waals surface area contributed by atoms with Gasteiger partial charge >= 0.3 is 0 Å². The van der Waals surface area contributed by atoms with E-state index in [4.69, 9.17) is 0 Å². The highest BCUT2D eigenvalue weighted by Gasteiger charge is 2.45. The van der Waals surface area contributed by atoms with E-state index < -0.39 is 0 Å². The van der Waals surface area contributed by atoms with Gasteiger partial charge in [0.15, 0.2) is 5.96 Å². The topological polar surface area (TPSA) is 36.4 Å². The molecule has 3 nitrogen and oxygen atoms in total. The Balaban J connectivity index is 1.46. The van der Waals surface area contributed by atoms with Gasteiger partial charge in [0.1, 0.15) is 5.82 Å². The number of halogens is 1. The summed E-state index contributed by atoms with van der Waals surface area (Å²) in [7, 11) is 1.79. The molecule has 2 aliphatic rings. The van der Waals surface area contributed by atoms with Crippen LogP contribution in [0.4, 0.5) is 4.39 Å². The molecule has 0 aromatic heterocycles. The normalized spacial score (nSPS) is 19.8. The molecule has 2 saturated carbocycles. The quantitative estimate of drug-likeness (QED) is 0.461. The van der Waals surface area contributed by atoms with E-state index >= 15 is 0 Å². The molecule has 1 aromatic carbocycles. The van der Waals surface area contributed by atoms with Crippen molar-refractivity contribution in [3.8, 4) is 0 Å². The van der Waals surface area contributed by atoms with E-state index in [0.29, 0.717) is 0 Å². The second kappa shape index (κ2) is 6.67. The van der Waals surface area contributed by atoms with Crippen molar-refractivity contribution in [2.24, 2.45) is 10.9 Å². The van der Waals surface area contributed by atoms with Crippen LogP contribution in [0.15, 0.2) is 29.3 Å². The summed E-state index contributed by atoms with van der Waals surface area (Å²) in [5.41, 5.74) is 0.795. The number of hydrogen-bond donors (Lipinski definition) is 2. The maximum atomic E-state index is 14.0. The highest BCUT2D eigenvalue weighted by Crippen LogP contribution is 2.48. The molecule has 0 saturated heterocycles. The molecule has 120 valence electrons. The van der Waals surface area contributed by atoms with Gasteiger partial charge in [-0.2, -0.15) is 0 Å². The minimum atomic E-state index is -0.0887. The molecule has 2 N–H and O–H groups in total. The second-order valence-electron chi connectivity index (χ2n) is 6.70. The highest BCUT2D eigenvalue weighted by molar-refractivity contribution is 5.79. The number of hydrogen-bond acceptors (Lipinski definition) is 1. The average Bonchev–Trinajstić information content (AvgIpc) is 3.43. The molecule has 2 fully saturated rings. The fourth-order valence-electron chi connectivity index (χ4n) is 3.06. The summed E-state index contributed by atoms with van der Waals surface area (Å²) in [6, 6.07) is 7.14. The van der Waals surface area contributed by atoms with E-state index in [-0.39, 0.29) is 11.2 Å². The molecular weight excluding hydrogens is 277 g/mol. The smallest absolute Gasteiger partial charge is 0.191 e. The van der Waals surface area contributed by atoms with E-state index in [1.54, 1.807) is 19.2 Å². The lowest BCUT2D eigenvalue weighted by Crippen LogP contribution is -2.41. The highest BCUT2D eigenvalue weighted by atomic mass is 19.1. The standard InChI is InChI=1S/C18H26FN3/c1-20-17(21-12-4-5-14-8-9-14)22-13-18(10-11-18)15-6-2-3-7-16(15)19/h2-3,6-7,14H,4-5,8-13H2,1H3,(H2,20,21,22). The monoisotopic (exact) mass is 303 g/mol. The van der Waals surface area contributed by atoms with Gasteiger partial charge in [-0.15, -0.1) is 0 Å². The van der Waals surface area contributed by atoms with Gasteiger partial charge in [-0.05, 0) is 43.2 Å². The van der Waals surface area contributed by atoms with Crippen molar-refractivity contribution in [1.82, 2.24) is 10.6 Å². The van der Waals surface area contributed by atoms with Gasteiger partial charge < -0.3 is 10.6 Å². The molecule has 0 heterocycles. The van der Waals surface area contributed by atoms with Gasteiger partial charge in [0.05, 0.1) is 0 Å². The third-order valence-corrected chi connectivity index (χ3v) is 4.90. The molecule has 3 rings (SSSR count). The number of benzene rings is 1. The Hall–Kier alpha value is -1.58. The molecule has 2 aliphatic carbocycles. The summed E-state index contributed by atoms with van der Waals surface area (Å²) in [4.78, 5) is 4.27. The van der Waals surface area contributed by atoms with Crippen molar-refractivity contribution in [2.75, 3.05) is 20.1 Å². The van der Waals surface area contributed by atoms with Crippen LogP contribution in [-0.2, 0) is 5.41 Å². The van der Waals surface area contributed by atoms with E-state index in [2.05, 4.69) is 15.6 Å². The first-order valence-electron chi connectivity index (χ1n) is 8.43. The van der Waals surface area contributed by atoms with Crippen LogP contribution in [0.1, 0.15) is 44.1 Å². The zero-order chi connectivity index (χ0) is 15.4. The van der Waals surface area contributed by atoms with Crippen molar-refractivity contribution in [3.63, 3.8) is 0 Å². The van der Waals surface area contributed by atoms with Crippen LogP contribution in [0.2, 0.25) is 0 Å². The van der Waals surface area contributed by atoms with Gasteiger partial charge in [-0.25, -0.2) is 4.39 Å². The first kappa shape index (κ1) is 15.3. The molecule has 0 atom stereocenters. The summed E-state index contributed by atoms with van der Waals surface area (Å²) in [5.74, 6) is 1.72. The summed E-state index contributed by atoms with van der Waals surface area (Å²) in [6.07, 6.45) is 7.43. The average molecular weight is 303 g/mol. The molecule has 1 aromatic rings. The van der Waals surface area contributed by atoms with Crippen LogP contribution >= 0.6 is 0 Å². The number of guanidine groups is 1. The molecule has 0 amide bonds. The van der Waals surface area contributed by atoms with Gasteiger partial charge in [-0.1, -0.05) is 31.0 Å². The first-order chi connectivity index (χ1) is 10.7. The second-order valence-corrected chi connectivity index (χ2v) is 6.70. The largest absolute Gasteiger partial charge is 0.356 e. The van der Waals surface area contributed by atoms with Crippen molar-refractivity contribution in [2.45, 2.75) is 43.9 Å². The summed E-state index contributed by atoms with van der Waals surface area (Å²) >= 11 is 0. The Morgan fingerprint density at radius 2 is 2.05 bits per heavy atom. The lowest BCUT2D eigenvalue weighted by Gasteiger charge is -2.19. The Morgan fingerprint density at radius 1 is 1.27 bits per heavy atom. The van der Waals surface area contributed by atoms with Crippen molar-refractivity contribution < 1.29 is 4.39 Å². The molecule has 0 bridgehead atoms. The zero-order valence-electron chi connectivity index (χ0n) is 13.4. The van der Waals surface area contributed by atoms with Crippen LogP contribution in [0.5, 0.6) is 0 Å². The maximum absolute atomic E-state index is 14.0. The van der Waals surface area contributed by atoms with Crippen LogP contribution in [0.3, 0.4) is 0 Å². The molecule has 0 radical (unpaired) electrons. The minimum absolute atomic E-state index is 0.0447.